The summed E-state index contributed by atoms with van der Waals surface area (Å²) in [5.74, 6) is -1.80. The Balaban J connectivity index is 1.78. The summed E-state index contributed by atoms with van der Waals surface area (Å²) in [6.07, 6.45) is 2.44. The first-order chi connectivity index (χ1) is 14.4. The molecule has 0 unspecified atom stereocenters. The molecule has 1 aliphatic carbocycles. The monoisotopic (exact) mass is 442 g/mol. The van der Waals surface area contributed by atoms with Crippen LogP contribution in [-0.4, -0.2) is 25.5 Å². The van der Waals surface area contributed by atoms with E-state index in [-0.39, 0.29) is 17.3 Å². The van der Waals surface area contributed by atoms with E-state index in [2.05, 4.69) is 4.98 Å². The first kappa shape index (κ1) is 19.1. The summed E-state index contributed by atoms with van der Waals surface area (Å²) < 4.78 is 15.7. The number of ketones is 1. The SMILES string of the molecule is O=C(c1c(O)c(O)n(-c2nc3ccc(Cl)cc3s2)c1-c1ccc(F)cc1)C1CCC1. The van der Waals surface area contributed by atoms with Crippen molar-refractivity contribution in [3.8, 4) is 28.0 Å². The molecule has 8 heteroatoms. The molecule has 0 spiro atoms. The lowest BCUT2D eigenvalue weighted by Crippen LogP contribution is -2.22. The fourth-order valence-electron chi connectivity index (χ4n) is 3.70. The lowest BCUT2D eigenvalue weighted by molar-refractivity contribution is 0.0853. The van der Waals surface area contributed by atoms with Crippen LogP contribution in [0, 0.1) is 11.7 Å². The van der Waals surface area contributed by atoms with E-state index in [1.807, 2.05) is 0 Å². The van der Waals surface area contributed by atoms with Gasteiger partial charge in [-0.25, -0.2) is 9.37 Å². The highest BCUT2D eigenvalue weighted by Gasteiger charge is 2.35. The van der Waals surface area contributed by atoms with E-state index < -0.39 is 17.4 Å². The largest absolute Gasteiger partial charge is 0.503 e. The number of benzene rings is 2. The zero-order valence-corrected chi connectivity index (χ0v) is 17.2. The number of carbonyl (C=O) groups excluding carboxylic acids is 1. The zero-order chi connectivity index (χ0) is 21.0. The van der Waals surface area contributed by atoms with Gasteiger partial charge in [0.15, 0.2) is 16.7 Å². The summed E-state index contributed by atoms with van der Waals surface area (Å²) in [5.41, 5.74) is 1.50. The third-order valence-corrected chi connectivity index (χ3v) is 6.73. The maximum Gasteiger partial charge on any atom is 0.242 e. The quantitative estimate of drug-likeness (QED) is 0.383. The summed E-state index contributed by atoms with van der Waals surface area (Å²) in [4.78, 5) is 17.7. The number of hydrogen-bond donors (Lipinski definition) is 2. The molecule has 5 rings (SSSR count). The van der Waals surface area contributed by atoms with Crippen LogP contribution in [0.3, 0.4) is 0 Å². The predicted molar refractivity (Wildman–Crippen MR) is 114 cm³/mol. The Kier molecular flexibility index (Phi) is 4.52. The van der Waals surface area contributed by atoms with Gasteiger partial charge in [0.25, 0.3) is 0 Å². The predicted octanol–water partition coefficient (Wildman–Crippen LogP) is 5.94. The van der Waals surface area contributed by atoms with Crippen LogP contribution in [0.4, 0.5) is 4.39 Å². The van der Waals surface area contributed by atoms with Gasteiger partial charge in [-0.2, -0.15) is 0 Å². The van der Waals surface area contributed by atoms with E-state index in [0.717, 1.165) is 24.0 Å². The van der Waals surface area contributed by atoms with Crippen molar-refractivity contribution < 1.29 is 19.4 Å². The molecule has 152 valence electrons. The molecule has 2 heterocycles. The lowest BCUT2D eigenvalue weighted by Gasteiger charge is -2.24. The van der Waals surface area contributed by atoms with Crippen LogP contribution in [0.5, 0.6) is 11.6 Å². The maximum absolute atomic E-state index is 13.5. The average Bonchev–Trinajstić information content (AvgIpc) is 3.19. The molecule has 1 aliphatic rings. The minimum absolute atomic E-state index is 0.0427. The molecule has 0 saturated heterocycles. The van der Waals surface area contributed by atoms with Gasteiger partial charge >= 0.3 is 0 Å². The Morgan fingerprint density at radius 2 is 1.90 bits per heavy atom. The van der Waals surface area contributed by atoms with Crippen molar-refractivity contribution in [2.75, 3.05) is 0 Å². The Bertz CT molecular complexity index is 1290. The third-order valence-electron chi connectivity index (χ3n) is 5.49. The minimum Gasteiger partial charge on any atom is -0.503 e. The minimum atomic E-state index is -0.483. The first-order valence-corrected chi connectivity index (χ1v) is 10.7. The second-order valence-corrected chi connectivity index (χ2v) is 8.78. The van der Waals surface area contributed by atoms with Gasteiger partial charge in [-0.15, -0.1) is 0 Å². The van der Waals surface area contributed by atoms with E-state index >= 15 is 0 Å². The van der Waals surface area contributed by atoms with Crippen molar-refractivity contribution in [1.29, 1.82) is 0 Å². The number of aromatic nitrogens is 2. The molecule has 0 radical (unpaired) electrons. The van der Waals surface area contributed by atoms with Crippen LogP contribution in [0.2, 0.25) is 5.02 Å². The molecular weight excluding hydrogens is 427 g/mol. The van der Waals surface area contributed by atoms with E-state index in [1.165, 1.54) is 40.2 Å². The molecular formula is C22H16ClFN2O3S. The van der Waals surface area contributed by atoms with Crippen molar-refractivity contribution >= 4 is 38.9 Å². The molecule has 0 atom stereocenters. The van der Waals surface area contributed by atoms with Gasteiger partial charge in [0.05, 0.1) is 21.5 Å². The van der Waals surface area contributed by atoms with E-state index in [1.54, 1.807) is 18.2 Å². The number of rotatable bonds is 4. The van der Waals surface area contributed by atoms with Gasteiger partial charge in [-0.1, -0.05) is 29.4 Å². The highest BCUT2D eigenvalue weighted by atomic mass is 35.5. The molecule has 30 heavy (non-hydrogen) atoms. The highest BCUT2D eigenvalue weighted by Crippen LogP contribution is 2.46. The van der Waals surface area contributed by atoms with Crippen LogP contribution < -0.4 is 0 Å². The molecule has 0 amide bonds. The average molecular weight is 443 g/mol. The molecule has 0 bridgehead atoms. The standard InChI is InChI=1S/C22H16ClFN2O3S/c23-13-6-9-15-16(10-13)30-22(25-15)26-18(11-4-7-14(24)8-5-11)17(20(28)21(26)29)19(27)12-2-1-3-12/h4-10,12,28-29H,1-3H2. The number of thiazole rings is 1. The molecule has 1 saturated carbocycles. The number of aromatic hydroxyl groups is 2. The summed E-state index contributed by atoms with van der Waals surface area (Å²) >= 11 is 7.34. The number of halogens is 2. The van der Waals surface area contributed by atoms with Gasteiger partial charge in [0.2, 0.25) is 5.88 Å². The van der Waals surface area contributed by atoms with Crippen molar-refractivity contribution in [2.45, 2.75) is 19.3 Å². The fraction of sp³-hybridized carbons (Fsp3) is 0.182. The summed E-state index contributed by atoms with van der Waals surface area (Å²) in [5, 5.41) is 22.4. The van der Waals surface area contributed by atoms with Crippen molar-refractivity contribution in [1.82, 2.24) is 9.55 Å². The lowest BCUT2D eigenvalue weighted by atomic mass is 9.79. The van der Waals surface area contributed by atoms with Crippen LogP contribution in [-0.2, 0) is 0 Å². The number of nitrogens with zero attached hydrogens (tertiary/aromatic N) is 2. The van der Waals surface area contributed by atoms with Crippen molar-refractivity contribution in [2.24, 2.45) is 5.92 Å². The molecule has 2 N–H and O–H groups in total. The zero-order valence-electron chi connectivity index (χ0n) is 15.6. The normalized spacial score (nSPS) is 14.2. The van der Waals surface area contributed by atoms with E-state index in [0.29, 0.717) is 26.9 Å². The van der Waals surface area contributed by atoms with Crippen molar-refractivity contribution in [3.05, 3.63) is 58.9 Å². The molecule has 2 aromatic carbocycles. The molecule has 4 aromatic rings. The Hall–Kier alpha value is -2.90. The number of hydrogen-bond acceptors (Lipinski definition) is 5. The molecule has 5 nitrogen and oxygen atoms in total. The van der Waals surface area contributed by atoms with Gasteiger partial charge in [0, 0.05) is 10.9 Å². The Labute approximate surface area is 180 Å². The van der Waals surface area contributed by atoms with Crippen LogP contribution in [0.15, 0.2) is 42.5 Å². The summed E-state index contributed by atoms with van der Waals surface area (Å²) in [7, 11) is 0. The van der Waals surface area contributed by atoms with Gasteiger partial charge in [-0.05, 0) is 60.9 Å². The smallest absolute Gasteiger partial charge is 0.242 e. The van der Waals surface area contributed by atoms with Gasteiger partial charge in [-0.3, -0.25) is 9.36 Å². The number of Topliss-reactive ketones (excluding diaryl/α,β-unsaturated/α-hetero) is 1. The fourth-order valence-corrected chi connectivity index (χ4v) is 4.96. The number of carbonyl (C=O) groups is 1. The van der Waals surface area contributed by atoms with Gasteiger partial charge < -0.3 is 10.2 Å². The van der Waals surface area contributed by atoms with E-state index in [9.17, 15) is 19.4 Å². The third kappa shape index (κ3) is 2.97. The van der Waals surface area contributed by atoms with Crippen molar-refractivity contribution in [3.63, 3.8) is 0 Å². The molecule has 0 aliphatic heterocycles. The molecule has 1 fully saturated rings. The second kappa shape index (κ2) is 7.11. The summed E-state index contributed by atoms with van der Waals surface area (Å²) in [6, 6.07) is 10.8. The van der Waals surface area contributed by atoms with E-state index in [4.69, 9.17) is 11.6 Å². The summed E-state index contributed by atoms with van der Waals surface area (Å²) in [6.45, 7) is 0. The Morgan fingerprint density at radius 1 is 1.17 bits per heavy atom. The van der Waals surface area contributed by atoms with Crippen LogP contribution in [0.25, 0.3) is 26.6 Å². The molecule has 2 aromatic heterocycles. The Morgan fingerprint density at radius 3 is 2.57 bits per heavy atom. The van der Waals surface area contributed by atoms with Crippen LogP contribution >= 0.6 is 22.9 Å². The highest BCUT2D eigenvalue weighted by molar-refractivity contribution is 7.20. The maximum atomic E-state index is 13.5. The van der Waals surface area contributed by atoms with Crippen LogP contribution in [0.1, 0.15) is 29.6 Å². The first-order valence-electron chi connectivity index (χ1n) is 9.47. The van der Waals surface area contributed by atoms with Gasteiger partial charge in [0.1, 0.15) is 5.82 Å². The number of fused-ring (bicyclic) bond motifs is 1. The second-order valence-electron chi connectivity index (χ2n) is 7.34. The topological polar surface area (TPSA) is 75.3 Å².